The van der Waals surface area contributed by atoms with Crippen molar-refractivity contribution in [2.24, 2.45) is 10.8 Å². The lowest BCUT2D eigenvalue weighted by Gasteiger charge is -2.42. The minimum absolute atomic E-state index is 0.110. The highest BCUT2D eigenvalue weighted by molar-refractivity contribution is 5.85. The summed E-state index contributed by atoms with van der Waals surface area (Å²) in [5.41, 5.74) is -1.31. The number of aliphatic hydroxyl groups is 1. The SMILES string of the molecule is CC(C)N1CCN(C(=O)C(C)(C)CC(C)(C)C(=O)N(C)CO)CC1. The minimum atomic E-state index is -0.698. The lowest BCUT2D eigenvalue weighted by molar-refractivity contribution is -0.149. The van der Waals surface area contributed by atoms with Gasteiger partial charge in [0.15, 0.2) is 0 Å². The third-order valence-electron chi connectivity index (χ3n) is 4.93. The smallest absolute Gasteiger partial charge is 0.229 e. The van der Waals surface area contributed by atoms with Crippen LogP contribution in [0.4, 0.5) is 0 Å². The van der Waals surface area contributed by atoms with Gasteiger partial charge in [-0.3, -0.25) is 14.5 Å². The average molecular weight is 341 g/mol. The fourth-order valence-electron chi connectivity index (χ4n) is 3.71. The summed E-state index contributed by atoms with van der Waals surface area (Å²) >= 11 is 0. The lowest BCUT2D eigenvalue weighted by Crippen LogP contribution is -2.54. The minimum Gasteiger partial charge on any atom is -0.376 e. The highest BCUT2D eigenvalue weighted by Gasteiger charge is 2.42. The zero-order valence-electron chi connectivity index (χ0n) is 16.4. The normalized spacial score (nSPS) is 17.3. The molecule has 1 N–H and O–H groups in total. The third kappa shape index (κ3) is 4.93. The Morgan fingerprint density at radius 2 is 1.54 bits per heavy atom. The molecule has 0 unspecified atom stereocenters. The lowest BCUT2D eigenvalue weighted by atomic mass is 9.73. The Morgan fingerprint density at radius 3 is 1.96 bits per heavy atom. The maximum atomic E-state index is 13.0. The standard InChI is InChI=1S/C18H35N3O3/c1-14(2)20-8-10-21(11-9-20)16(24)18(5,6)12-17(3,4)15(23)19(7)13-22/h14,22H,8-13H2,1-7H3. The molecule has 0 aromatic heterocycles. The number of hydrogen-bond acceptors (Lipinski definition) is 4. The van der Waals surface area contributed by atoms with Gasteiger partial charge in [-0.1, -0.05) is 27.7 Å². The number of piperazine rings is 1. The predicted molar refractivity (Wildman–Crippen MR) is 95.3 cm³/mol. The van der Waals surface area contributed by atoms with Crippen LogP contribution in [0, 0.1) is 10.8 Å². The van der Waals surface area contributed by atoms with Gasteiger partial charge in [-0.05, 0) is 20.3 Å². The van der Waals surface area contributed by atoms with Crippen molar-refractivity contribution in [1.29, 1.82) is 0 Å². The van der Waals surface area contributed by atoms with Crippen LogP contribution in [0.1, 0.15) is 48.0 Å². The summed E-state index contributed by atoms with van der Waals surface area (Å²) in [5, 5.41) is 9.17. The molecule has 6 nitrogen and oxygen atoms in total. The Labute approximate surface area is 146 Å². The number of rotatable bonds is 6. The van der Waals surface area contributed by atoms with E-state index < -0.39 is 10.8 Å². The van der Waals surface area contributed by atoms with Crippen molar-refractivity contribution in [3.8, 4) is 0 Å². The molecule has 1 fully saturated rings. The van der Waals surface area contributed by atoms with Crippen LogP contribution in [0.5, 0.6) is 0 Å². The molecular formula is C18H35N3O3. The molecule has 24 heavy (non-hydrogen) atoms. The number of aliphatic hydroxyl groups excluding tert-OH is 1. The van der Waals surface area contributed by atoms with E-state index in [1.165, 1.54) is 4.90 Å². The Bertz CT molecular complexity index is 452. The van der Waals surface area contributed by atoms with Crippen LogP contribution < -0.4 is 0 Å². The third-order valence-corrected chi connectivity index (χ3v) is 4.93. The van der Waals surface area contributed by atoms with Gasteiger partial charge in [-0.25, -0.2) is 0 Å². The van der Waals surface area contributed by atoms with Gasteiger partial charge in [0.1, 0.15) is 6.73 Å². The fourth-order valence-corrected chi connectivity index (χ4v) is 3.71. The fraction of sp³-hybridized carbons (Fsp3) is 0.889. The number of hydrogen-bond donors (Lipinski definition) is 1. The number of carbonyl (C=O) groups excluding carboxylic acids is 2. The van der Waals surface area contributed by atoms with Crippen LogP contribution in [0.3, 0.4) is 0 Å². The van der Waals surface area contributed by atoms with E-state index in [1.807, 2.05) is 32.6 Å². The van der Waals surface area contributed by atoms with Crippen molar-refractivity contribution in [3.63, 3.8) is 0 Å². The summed E-state index contributed by atoms with van der Waals surface area (Å²) in [5.74, 6) is -0.0334. The van der Waals surface area contributed by atoms with Crippen molar-refractivity contribution in [3.05, 3.63) is 0 Å². The first-order valence-corrected chi connectivity index (χ1v) is 8.82. The van der Waals surface area contributed by atoms with Crippen LogP contribution in [-0.2, 0) is 9.59 Å². The van der Waals surface area contributed by atoms with Gasteiger partial charge >= 0.3 is 0 Å². The zero-order chi connectivity index (χ0) is 18.7. The molecule has 1 heterocycles. The van der Waals surface area contributed by atoms with Crippen LogP contribution >= 0.6 is 0 Å². The van der Waals surface area contributed by atoms with E-state index >= 15 is 0 Å². The van der Waals surface area contributed by atoms with E-state index in [9.17, 15) is 14.7 Å². The highest BCUT2D eigenvalue weighted by atomic mass is 16.3. The topological polar surface area (TPSA) is 64.1 Å². The molecule has 0 saturated carbocycles. The molecule has 1 aliphatic heterocycles. The quantitative estimate of drug-likeness (QED) is 0.742. The average Bonchev–Trinajstić information content (AvgIpc) is 2.51. The van der Waals surface area contributed by atoms with Gasteiger partial charge in [-0.15, -0.1) is 0 Å². The van der Waals surface area contributed by atoms with Crippen molar-refractivity contribution in [2.75, 3.05) is 40.0 Å². The van der Waals surface area contributed by atoms with E-state index in [1.54, 1.807) is 7.05 Å². The Kier molecular flexibility index (Phi) is 6.82. The van der Waals surface area contributed by atoms with E-state index in [4.69, 9.17) is 0 Å². The van der Waals surface area contributed by atoms with Gasteiger partial charge in [0.25, 0.3) is 0 Å². The maximum Gasteiger partial charge on any atom is 0.229 e. The second kappa shape index (κ2) is 7.83. The summed E-state index contributed by atoms with van der Waals surface area (Å²) in [6.07, 6.45) is 0.451. The molecule has 2 amide bonds. The van der Waals surface area contributed by atoms with Gasteiger partial charge in [-0.2, -0.15) is 0 Å². The molecule has 1 rings (SSSR count). The van der Waals surface area contributed by atoms with Gasteiger partial charge in [0, 0.05) is 50.1 Å². The molecule has 140 valence electrons. The largest absolute Gasteiger partial charge is 0.376 e. The molecule has 1 aliphatic rings. The number of nitrogens with zero attached hydrogens (tertiary/aromatic N) is 3. The molecule has 0 aromatic rings. The number of carbonyl (C=O) groups is 2. The van der Waals surface area contributed by atoms with Crippen molar-refractivity contribution in [1.82, 2.24) is 14.7 Å². The monoisotopic (exact) mass is 341 g/mol. The summed E-state index contributed by atoms with van der Waals surface area (Å²) in [4.78, 5) is 31.0. The first kappa shape index (κ1) is 20.9. The zero-order valence-corrected chi connectivity index (χ0v) is 16.4. The Morgan fingerprint density at radius 1 is 1.04 bits per heavy atom. The van der Waals surface area contributed by atoms with E-state index in [0.717, 1.165) is 26.2 Å². The van der Waals surface area contributed by atoms with E-state index in [2.05, 4.69) is 18.7 Å². The Balaban J connectivity index is 2.74. The molecule has 0 bridgehead atoms. The van der Waals surface area contributed by atoms with Crippen LogP contribution in [0.2, 0.25) is 0 Å². The molecule has 0 aromatic carbocycles. The molecule has 6 heteroatoms. The maximum absolute atomic E-state index is 13.0. The Hall–Kier alpha value is -1.14. The van der Waals surface area contributed by atoms with Crippen LogP contribution in [-0.4, -0.2) is 77.6 Å². The van der Waals surface area contributed by atoms with E-state index in [0.29, 0.717) is 12.5 Å². The van der Waals surface area contributed by atoms with Gasteiger partial charge in [0.2, 0.25) is 11.8 Å². The molecule has 0 radical (unpaired) electrons. The molecular weight excluding hydrogens is 306 g/mol. The van der Waals surface area contributed by atoms with Crippen molar-refractivity contribution in [2.45, 2.75) is 54.0 Å². The molecule has 1 saturated heterocycles. The number of amides is 2. The van der Waals surface area contributed by atoms with Gasteiger partial charge < -0.3 is 14.9 Å². The van der Waals surface area contributed by atoms with Gasteiger partial charge in [0.05, 0.1) is 0 Å². The van der Waals surface area contributed by atoms with Crippen molar-refractivity contribution >= 4 is 11.8 Å². The summed E-state index contributed by atoms with van der Waals surface area (Å²) in [6.45, 7) is 14.8. The molecule has 0 aliphatic carbocycles. The van der Waals surface area contributed by atoms with E-state index in [-0.39, 0.29) is 18.5 Å². The summed E-state index contributed by atoms with van der Waals surface area (Å²) < 4.78 is 0. The first-order valence-electron chi connectivity index (χ1n) is 8.82. The molecule has 0 spiro atoms. The second-order valence-electron chi connectivity index (χ2n) is 8.51. The van der Waals surface area contributed by atoms with Crippen LogP contribution in [0.25, 0.3) is 0 Å². The summed E-state index contributed by atoms with van der Waals surface area (Å²) in [6, 6.07) is 0.501. The summed E-state index contributed by atoms with van der Waals surface area (Å²) in [7, 11) is 1.57. The van der Waals surface area contributed by atoms with Crippen molar-refractivity contribution < 1.29 is 14.7 Å². The predicted octanol–water partition coefficient (Wildman–Crippen LogP) is 1.39. The molecule has 0 atom stereocenters. The first-order chi connectivity index (χ1) is 10.9. The highest BCUT2D eigenvalue weighted by Crippen LogP contribution is 2.36. The van der Waals surface area contributed by atoms with Crippen LogP contribution in [0.15, 0.2) is 0 Å². The second-order valence-corrected chi connectivity index (χ2v) is 8.51.